The number of H-pyrrole nitrogens is 1. The summed E-state index contributed by atoms with van der Waals surface area (Å²) in [5, 5.41) is 13.2. The number of aliphatic hydroxyl groups excluding tert-OH is 1. The molecule has 0 aliphatic carbocycles. The molecule has 1 atom stereocenters. The van der Waals surface area contributed by atoms with E-state index in [9.17, 15) is 5.11 Å². The number of benzene rings is 2. The Labute approximate surface area is 169 Å². The summed E-state index contributed by atoms with van der Waals surface area (Å²) < 4.78 is 11.3. The van der Waals surface area contributed by atoms with Crippen molar-refractivity contribution in [3.63, 3.8) is 0 Å². The zero-order chi connectivity index (χ0) is 20.4. The van der Waals surface area contributed by atoms with Gasteiger partial charge in [0.05, 0.1) is 7.11 Å². The summed E-state index contributed by atoms with van der Waals surface area (Å²) in [7, 11) is 5.60. The van der Waals surface area contributed by atoms with E-state index in [0.29, 0.717) is 29.2 Å². The SMILES string of the molecule is COc1ccc(OCCN(C)C)c(C(O)c2cnc3[nH]c4ccccc4c3c2)c1. The normalized spacial score (nSPS) is 12.6. The molecule has 2 aromatic carbocycles. The predicted molar refractivity (Wildman–Crippen MR) is 115 cm³/mol. The first-order valence-electron chi connectivity index (χ1n) is 9.56. The zero-order valence-corrected chi connectivity index (χ0v) is 16.8. The molecule has 4 rings (SSSR count). The van der Waals surface area contributed by atoms with Crippen LogP contribution in [-0.2, 0) is 0 Å². The van der Waals surface area contributed by atoms with Crippen LogP contribution in [0.1, 0.15) is 17.2 Å². The second-order valence-corrected chi connectivity index (χ2v) is 7.29. The predicted octanol–water partition coefficient (Wildman–Crippen LogP) is 3.75. The van der Waals surface area contributed by atoms with Crippen LogP contribution in [0.3, 0.4) is 0 Å². The van der Waals surface area contributed by atoms with E-state index in [0.717, 1.165) is 28.5 Å². The Bertz CT molecular complexity index is 1140. The molecule has 29 heavy (non-hydrogen) atoms. The van der Waals surface area contributed by atoms with E-state index in [1.54, 1.807) is 13.3 Å². The Morgan fingerprint density at radius 1 is 1.10 bits per heavy atom. The molecule has 0 aliphatic heterocycles. The topological polar surface area (TPSA) is 70.6 Å². The van der Waals surface area contributed by atoms with Gasteiger partial charge in [0, 0.05) is 40.2 Å². The number of likely N-dealkylation sites (N-methyl/N-ethyl adjacent to an activating group) is 1. The number of rotatable bonds is 7. The van der Waals surface area contributed by atoms with Crippen molar-refractivity contribution >= 4 is 21.9 Å². The number of pyridine rings is 1. The summed E-state index contributed by atoms with van der Waals surface area (Å²) in [5.41, 5.74) is 3.18. The quantitative estimate of drug-likeness (QED) is 0.502. The van der Waals surface area contributed by atoms with Gasteiger partial charge in [-0.3, -0.25) is 0 Å². The molecule has 0 saturated carbocycles. The Balaban J connectivity index is 1.72. The highest BCUT2D eigenvalue weighted by atomic mass is 16.5. The zero-order valence-electron chi connectivity index (χ0n) is 16.8. The average Bonchev–Trinajstić information content (AvgIpc) is 3.11. The first-order chi connectivity index (χ1) is 14.1. The van der Waals surface area contributed by atoms with Crippen LogP contribution >= 0.6 is 0 Å². The van der Waals surface area contributed by atoms with Crippen LogP contribution < -0.4 is 9.47 Å². The van der Waals surface area contributed by atoms with Crippen molar-refractivity contribution in [1.82, 2.24) is 14.9 Å². The number of nitrogens with one attached hydrogen (secondary N) is 1. The van der Waals surface area contributed by atoms with Gasteiger partial charge in [-0.05, 0) is 44.4 Å². The number of fused-ring (bicyclic) bond motifs is 3. The maximum Gasteiger partial charge on any atom is 0.138 e. The van der Waals surface area contributed by atoms with Crippen LogP contribution in [0.5, 0.6) is 11.5 Å². The maximum absolute atomic E-state index is 11.2. The number of aromatic nitrogens is 2. The second-order valence-electron chi connectivity index (χ2n) is 7.29. The van der Waals surface area contributed by atoms with Crippen molar-refractivity contribution in [2.24, 2.45) is 0 Å². The van der Waals surface area contributed by atoms with Crippen LogP contribution in [0.15, 0.2) is 54.7 Å². The number of methoxy groups -OCH3 is 1. The van der Waals surface area contributed by atoms with E-state index in [2.05, 4.69) is 14.9 Å². The van der Waals surface area contributed by atoms with Gasteiger partial charge in [0.15, 0.2) is 0 Å². The van der Waals surface area contributed by atoms with E-state index < -0.39 is 6.10 Å². The van der Waals surface area contributed by atoms with Crippen molar-refractivity contribution in [1.29, 1.82) is 0 Å². The van der Waals surface area contributed by atoms with Crippen LogP contribution in [0.2, 0.25) is 0 Å². The first-order valence-corrected chi connectivity index (χ1v) is 9.56. The molecule has 0 saturated heterocycles. The van der Waals surface area contributed by atoms with Crippen LogP contribution in [-0.4, -0.2) is 54.3 Å². The average molecular weight is 391 g/mol. The van der Waals surface area contributed by atoms with E-state index in [1.807, 2.05) is 62.6 Å². The summed E-state index contributed by atoms with van der Waals surface area (Å²) in [4.78, 5) is 9.89. The molecule has 2 N–H and O–H groups in total. The van der Waals surface area contributed by atoms with Gasteiger partial charge < -0.3 is 24.5 Å². The molecule has 0 fully saturated rings. The van der Waals surface area contributed by atoms with Gasteiger partial charge in [0.1, 0.15) is 29.9 Å². The Hall–Kier alpha value is -3.09. The minimum absolute atomic E-state index is 0.527. The highest BCUT2D eigenvalue weighted by Crippen LogP contribution is 2.35. The van der Waals surface area contributed by atoms with E-state index in [1.165, 1.54) is 0 Å². The highest BCUT2D eigenvalue weighted by Gasteiger charge is 2.19. The van der Waals surface area contributed by atoms with Crippen LogP contribution in [0.25, 0.3) is 21.9 Å². The largest absolute Gasteiger partial charge is 0.497 e. The first kappa shape index (κ1) is 19.2. The molecule has 1 unspecified atom stereocenters. The number of aromatic amines is 1. The van der Waals surface area contributed by atoms with Crippen molar-refractivity contribution < 1.29 is 14.6 Å². The lowest BCUT2D eigenvalue weighted by Gasteiger charge is -2.18. The minimum Gasteiger partial charge on any atom is -0.497 e. The molecule has 6 heteroatoms. The van der Waals surface area contributed by atoms with Gasteiger partial charge in [0.2, 0.25) is 0 Å². The number of hydrogen-bond donors (Lipinski definition) is 2. The third-order valence-corrected chi connectivity index (χ3v) is 5.00. The van der Waals surface area contributed by atoms with Gasteiger partial charge in [-0.25, -0.2) is 4.98 Å². The van der Waals surface area contributed by atoms with Crippen molar-refractivity contribution in [2.75, 3.05) is 34.4 Å². The molecule has 0 spiro atoms. The molecule has 0 aliphatic rings. The third kappa shape index (κ3) is 3.90. The fourth-order valence-electron chi connectivity index (χ4n) is 3.41. The van der Waals surface area contributed by atoms with Crippen molar-refractivity contribution in [2.45, 2.75) is 6.10 Å². The van der Waals surface area contributed by atoms with Gasteiger partial charge in [-0.2, -0.15) is 0 Å². The maximum atomic E-state index is 11.2. The van der Waals surface area contributed by atoms with E-state index in [4.69, 9.17) is 9.47 Å². The number of para-hydroxylation sites is 1. The third-order valence-electron chi connectivity index (χ3n) is 5.00. The Morgan fingerprint density at radius 3 is 2.72 bits per heavy atom. The van der Waals surface area contributed by atoms with Crippen molar-refractivity contribution in [3.05, 3.63) is 65.9 Å². The van der Waals surface area contributed by atoms with Gasteiger partial charge in [-0.15, -0.1) is 0 Å². The van der Waals surface area contributed by atoms with Crippen LogP contribution in [0.4, 0.5) is 0 Å². The smallest absolute Gasteiger partial charge is 0.138 e. The molecular formula is C23H25N3O3. The fraction of sp³-hybridized carbons (Fsp3) is 0.261. The number of ether oxygens (including phenoxy) is 2. The number of hydrogen-bond acceptors (Lipinski definition) is 5. The highest BCUT2D eigenvalue weighted by molar-refractivity contribution is 6.05. The molecule has 0 amide bonds. The van der Waals surface area contributed by atoms with E-state index in [-0.39, 0.29) is 0 Å². The molecule has 150 valence electrons. The number of aliphatic hydroxyl groups is 1. The van der Waals surface area contributed by atoms with E-state index >= 15 is 0 Å². The summed E-state index contributed by atoms with van der Waals surface area (Å²) in [6.45, 7) is 1.31. The Morgan fingerprint density at radius 2 is 1.93 bits per heavy atom. The monoisotopic (exact) mass is 391 g/mol. The molecule has 0 radical (unpaired) electrons. The molecule has 2 heterocycles. The lowest BCUT2D eigenvalue weighted by atomic mass is 10.0. The van der Waals surface area contributed by atoms with Gasteiger partial charge in [-0.1, -0.05) is 18.2 Å². The van der Waals surface area contributed by atoms with Gasteiger partial charge in [0.25, 0.3) is 0 Å². The molecule has 0 bridgehead atoms. The Kier molecular flexibility index (Phi) is 5.38. The molecule has 2 aromatic heterocycles. The molecular weight excluding hydrogens is 366 g/mol. The summed E-state index contributed by atoms with van der Waals surface area (Å²) >= 11 is 0. The molecule has 4 aromatic rings. The second kappa shape index (κ2) is 8.11. The van der Waals surface area contributed by atoms with Crippen LogP contribution in [0, 0.1) is 0 Å². The summed E-state index contributed by atoms with van der Waals surface area (Å²) in [6.07, 6.45) is 0.816. The standard InChI is InChI=1S/C23H25N3O3/c1-26(2)10-11-29-21-9-8-16(28-3)13-19(21)22(27)15-12-18-17-6-4-5-7-20(17)25-23(18)24-14-15/h4-9,12-14,22,27H,10-11H2,1-3H3,(H,24,25). The molecule has 6 nitrogen and oxygen atoms in total. The van der Waals surface area contributed by atoms with Gasteiger partial charge >= 0.3 is 0 Å². The lowest BCUT2D eigenvalue weighted by Crippen LogP contribution is -2.20. The fourth-order valence-corrected chi connectivity index (χ4v) is 3.41. The number of nitrogens with zero attached hydrogens (tertiary/aromatic N) is 2. The van der Waals surface area contributed by atoms with Crippen molar-refractivity contribution in [3.8, 4) is 11.5 Å². The summed E-state index contributed by atoms with van der Waals surface area (Å²) in [6, 6.07) is 15.5. The lowest BCUT2D eigenvalue weighted by molar-refractivity contribution is 0.205. The summed E-state index contributed by atoms with van der Waals surface area (Å²) in [5.74, 6) is 1.30. The minimum atomic E-state index is -0.884.